The molecule has 0 aliphatic heterocycles. The minimum Gasteiger partial charge on any atom is -0.359 e. The van der Waals surface area contributed by atoms with Crippen LogP contribution in [0.1, 0.15) is 16.7 Å². The van der Waals surface area contributed by atoms with E-state index in [1.54, 1.807) is 0 Å². The fraction of sp³-hybridized carbons (Fsp3) is 0.294. The molecule has 24 heavy (non-hydrogen) atoms. The summed E-state index contributed by atoms with van der Waals surface area (Å²) < 4.78 is 34.1. The van der Waals surface area contributed by atoms with E-state index in [-0.39, 0.29) is 24.0 Å². The number of pyridine rings is 1. The van der Waals surface area contributed by atoms with Crippen LogP contribution < -0.4 is 0 Å². The van der Waals surface area contributed by atoms with E-state index in [4.69, 9.17) is 9.47 Å². The average Bonchev–Trinajstić information content (AvgIpc) is 2.54. The molecule has 0 fully saturated rings. The number of benzene rings is 1. The first-order valence-corrected chi connectivity index (χ1v) is 9.03. The van der Waals surface area contributed by atoms with Crippen LogP contribution in [0.5, 0.6) is 0 Å². The van der Waals surface area contributed by atoms with Gasteiger partial charge in [-0.2, -0.15) is 5.26 Å². The SMILES string of the molecule is COCOCc1cc(C#N)c(S(C)(=O)=O)nc1-c1ccc(C)cc1. The number of nitrogens with zero attached hydrogens (tertiary/aromatic N) is 2. The molecule has 0 unspecified atom stereocenters. The van der Waals surface area contributed by atoms with Gasteiger partial charge in [-0.1, -0.05) is 29.8 Å². The van der Waals surface area contributed by atoms with Crippen molar-refractivity contribution in [1.82, 2.24) is 4.98 Å². The first-order valence-electron chi connectivity index (χ1n) is 7.14. The summed E-state index contributed by atoms with van der Waals surface area (Å²) in [6.07, 6.45) is 1.04. The molecule has 2 aromatic rings. The second-order valence-corrected chi connectivity index (χ2v) is 7.28. The largest absolute Gasteiger partial charge is 0.359 e. The Morgan fingerprint density at radius 1 is 1.25 bits per heavy atom. The van der Waals surface area contributed by atoms with Gasteiger partial charge in [0.05, 0.1) is 17.9 Å². The highest BCUT2D eigenvalue weighted by Gasteiger charge is 2.20. The molecule has 6 nitrogen and oxygen atoms in total. The van der Waals surface area contributed by atoms with Gasteiger partial charge < -0.3 is 9.47 Å². The van der Waals surface area contributed by atoms with Crippen molar-refractivity contribution in [2.75, 3.05) is 20.2 Å². The number of nitriles is 1. The number of methoxy groups -OCH3 is 1. The van der Waals surface area contributed by atoms with Crippen LogP contribution in [0.2, 0.25) is 0 Å². The number of hydrogen-bond donors (Lipinski definition) is 0. The van der Waals surface area contributed by atoms with Gasteiger partial charge in [0.25, 0.3) is 0 Å². The van der Waals surface area contributed by atoms with Crippen molar-refractivity contribution in [3.8, 4) is 17.3 Å². The maximum Gasteiger partial charge on any atom is 0.194 e. The fourth-order valence-electron chi connectivity index (χ4n) is 2.21. The predicted molar refractivity (Wildman–Crippen MR) is 88.9 cm³/mol. The van der Waals surface area contributed by atoms with Crippen LogP contribution in [0.25, 0.3) is 11.3 Å². The molecular weight excluding hydrogens is 328 g/mol. The van der Waals surface area contributed by atoms with E-state index in [0.29, 0.717) is 11.3 Å². The molecule has 0 bridgehead atoms. The molecule has 0 radical (unpaired) electrons. The van der Waals surface area contributed by atoms with Crippen LogP contribution >= 0.6 is 0 Å². The van der Waals surface area contributed by atoms with Gasteiger partial charge in [0.2, 0.25) is 0 Å². The molecule has 0 saturated heterocycles. The molecule has 0 spiro atoms. The average molecular weight is 346 g/mol. The third kappa shape index (κ3) is 4.17. The van der Waals surface area contributed by atoms with Crippen molar-refractivity contribution in [2.45, 2.75) is 18.6 Å². The van der Waals surface area contributed by atoms with Crippen LogP contribution in [0.3, 0.4) is 0 Å². The lowest BCUT2D eigenvalue weighted by Crippen LogP contribution is -2.08. The van der Waals surface area contributed by atoms with E-state index in [9.17, 15) is 13.7 Å². The highest BCUT2D eigenvalue weighted by molar-refractivity contribution is 7.90. The van der Waals surface area contributed by atoms with Crippen molar-refractivity contribution in [1.29, 1.82) is 5.26 Å². The Balaban J connectivity index is 2.63. The summed E-state index contributed by atoms with van der Waals surface area (Å²) in [5.41, 5.74) is 2.94. The summed E-state index contributed by atoms with van der Waals surface area (Å²) in [6.45, 7) is 2.20. The Morgan fingerprint density at radius 2 is 1.92 bits per heavy atom. The number of rotatable bonds is 6. The number of aryl methyl sites for hydroxylation is 1. The Morgan fingerprint density at radius 3 is 2.46 bits per heavy atom. The standard InChI is InChI=1S/C17H18N2O4S/c1-12-4-6-13(7-5-12)16-15(10-23-11-22-2)8-14(9-18)17(19-16)24(3,20)21/h4-8H,10-11H2,1-3H3. The van der Waals surface area contributed by atoms with E-state index in [2.05, 4.69) is 4.98 Å². The van der Waals surface area contributed by atoms with Crippen molar-refractivity contribution in [3.63, 3.8) is 0 Å². The second kappa shape index (κ2) is 7.53. The molecule has 7 heteroatoms. The smallest absolute Gasteiger partial charge is 0.194 e. The first-order chi connectivity index (χ1) is 11.4. The lowest BCUT2D eigenvalue weighted by molar-refractivity contribution is -0.0390. The molecule has 1 heterocycles. The van der Waals surface area contributed by atoms with Gasteiger partial charge in [0.15, 0.2) is 14.9 Å². The molecule has 1 aromatic heterocycles. The monoisotopic (exact) mass is 346 g/mol. The molecule has 0 atom stereocenters. The van der Waals surface area contributed by atoms with E-state index >= 15 is 0 Å². The van der Waals surface area contributed by atoms with Gasteiger partial charge in [-0.3, -0.25) is 0 Å². The van der Waals surface area contributed by atoms with Gasteiger partial charge in [-0.25, -0.2) is 13.4 Å². The van der Waals surface area contributed by atoms with E-state index in [1.165, 1.54) is 13.2 Å². The molecule has 2 rings (SSSR count). The Labute approximate surface area is 141 Å². The van der Waals surface area contributed by atoms with E-state index < -0.39 is 9.84 Å². The predicted octanol–water partition coefficient (Wildman–Crippen LogP) is 2.45. The zero-order chi connectivity index (χ0) is 17.7. The molecule has 126 valence electrons. The van der Waals surface area contributed by atoms with Crippen LogP contribution in [0, 0.1) is 18.3 Å². The van der Waals surface area contributed by atoms with Crippen LogP contribution in [-0.2, 0) is 25.9 Å². The summed E-state index contributed by atoms with van der Waals surface area (Å²) in [5.74, 6) is 0. The zero-order valence-electron chi connectivity index (χ0n) is 13.7. The maximum atomic E-state index is 12.0. The molecule has 0 aliphatic carbocycles. The van der Waals surface area contributed by atoms with E-state index in [1.807, 2.05) is 37.3 Å². The molecule has 1 aromatic carbocycles. The molecule has 0 N–H and O–H groups in total. The quantitative estimate of drug-likeness (QED) is 0.589. The normalized spacial score (nSPS) is 11.2. The summed E-state index contributed by atoms with van der Waals surface area (Å²) >= 11 is 0. The summed E-state index contributed by atoms with van der Waals surface area (Å²) in [5, 5.41) is 9.03. The summed E-state index contributed by atoms with van der Waals surface area (Å²) in [7, 11) is -2.12. The lowest BCUT2D eigenvalue weighted by atomic mass is 10.0. The minimum atomic E-state index is -3.63. The molecule has 0 saturated carbocycles. The Hall–Kier alpha value is -2.27. The minimum absolute atomic E-state index is 0.00405. The zero-order valence-corrected chi connectivity index (χ0v) is 14.6. The summed E-state index contributed by atoms with van der Waals surface area (Å²) in [6, 6.07) is 10.9. The van der Waals surface area contributed by atoms with Crippen molar-refractivity contribution in [3.05, 3.63) is 47.0 Å². The van der Waals surface area contributed by atoms with Crippen LogP contribution in [-0.4, -0.2) is 33.6 Å². The third-order valence-electron chi connectivity index (χ3n) is 3.32. The molecule has 0 amide bonds. The Kier molecular flexibility index (Phi) is 5.67. The van der Waals surface area contributed by atoms with Crippen molar-refractivity contribution >= 4 is 9.84 Å². The molecule has 0 aliphatic rings. The van der Waals surface area contributed by atoms with Gasteiger partial charge >= 0.3 is 0 Å². The number of aromatic nitrogens is 1. The topological polar surface area (TPSA) is 89.3 Å². The first kappa shape index (κ1) is 18.1. The lowest BCUT2D eigenvalue weighted by Gasteiger charge is -2.13. The van der Waals surface area contributed by atoms with Gasteiger partial charge in [-0.05, 0) is 13.0 Å². The fourth-order valence-corrected chi connectivity index (χ4v) is 2.97. The van der Waals surface area contributed by atoms with Crippen LogP contribution in [0.15, 0.2) is 35.4 Å². The Bertz CT molecular complexity index is 869. The second-order valence-electron chi connectivity index (χ2n) is 5.35. The molecular formula is C17H18N2O4S. The number of ether oxygens (including phenoxy) is 2. The highest BCUT2D eigenvalue weighted by atomic mass is 32.2. The van der Waals surface area contributed by atoms with Gasteiger partial charge in [0.1, 0.15) is 12.9 Å². The van der Waals surface area contributed by atoms with Crippen molar-refractivity contribution in [2.24, 2.45) is 0 Å². The third-order valence-corrected chi connectivity index (χ3v) is 4.34. The number of sulfone groups is 1. The van der Waals surface area contributed by atoms with E-state index in [0.717, 1.165) is 17.4 Å². The number of hydrogen-bond acceptors (Lipinski definition) is 6. The van der Waals surface area contributed by atoms with Crippen LogP contribution in [0.4, 0.5) is 0 Å². The highest BCUT2D eigenvalue weighted by Crippen LogP contribution is 2.27. The summed E-state index contributed by atoms with van der Waals surface area (Å²) in [4.78, 5) is 4.26. The maximum absolute atomic E-state index is 12.0. The van der Waals surface area contributed by atoms with Crippen molar-refractivity contribution < 1.29 is 17.9 Å². The van der Waals surface area contributed by atoms with Gasteiger partial charge in [0, 0.05) is 24.5 Å². The van der Waals surface area contributed by atoms with Gasteiger partial charge in [-0.15, -0.1) is 0 Å².